The minimum absolute atomic E-state index is 0. The number of aliphatic carboxylic acids is 1. The van der Waals surface area contributed by atoms with Gasteiger partial charge in [0.05, 0.1) is 0 Å². The third kappa shape index (κ3) is 30.1. The molecule has 0 spiro atoms. The van der Waals surface area contributed by atoms with E-state index in [1.807, 2.05) is 0 Å². The number of rotatable bonds is 13. The summed E-state index contributed by atoms with van der Waals surface area (Å²) in [5.74, 6) is -4.83. The molecular formula is C26H42I3N7O15V+. The molecule has 52 heavy (non-hydrogen) atoms. The fourth-order valence-corrected chi connectivity index (χ4v) is 2.76. The number of imide groups is 3. The van der Waals surface area contributed by atoms with E-state index in [1.165, 1.54) is 32.6 Å². The third-order valence-corrected chi connectivity index (χ3v) is 4.80. The Morgan fingerprint density at radius 2 is 1.23 bits per heavy atom. The monoisotopic (exact) mass is 1120 g/mol. The van der Waals surface area contributed by atoms with Crippen LogP contribution in [0.3, 0.4) is 0 Å². The summed E-state index contributed by atoms with van der Waals surface area (Å²) >= 11 is 7.39. The summed E-state index contributed by atoms with van der Waals surface area (Å²) in [7, 11) is 4.52. The molecule has 0 bridgehead atoms. The quantitative estimate of drug-likeness (QED) is 0.0438. The van der Waals surface area contributed by atoms with Crippen LogP contribution >= 0.6 is 59.9 Å². The first-order valence-electron chi connectivity index (χ1n) is 14.1. The second-order valence-electron chi connectivity index (χ2n) is 8.22. The van der Waals surface area contributed by atoms with Gasteiger partial charge in [0.1, 0.15) is 7.98 Å². The molecule has 26 heteroatoms. The van der Waals surface area contributed by atoms with Crippen LogP contribution in [0.25, 0.3) is 0 Å². The number of carboxylic acid groups (broad SMARTS) is 1. The number of carboxylic acids is 1. The van der Waals surface area contributed by atoms with Crippen LogP contribution in [0.2, 0.25) is 0 Å². The average molecular weight is 1130 g/mol. The van der Waals surface area contributed by atoms with Crippen molar-refractivity contribution in [2.45, 2.75) is 33.1 Å². The Balaban J connectivity index is -0.000000191. The SMILES string of the molecule is C.CNOCC(=O)NCCN1C(=O)C=CC1=O.CNOCC(=O)O.CNOCC(=O)ON1C(=O)CCC1=O.O=C1CCC(=O)N1O.[2H]C#C.[H+].[I][V]([I])[I]. The first-order valence-corrected chi connectivity index (χ1v) is 27.1. The number of hydroxylamine groups is 7. The molecule has 0 unspecified atom stereocenters. The summed E-state index contributed by atoms with van der Waals surface area (Å²) in [6, 6.07) is 0. The van der Waals surface area contributed by atoms with Crippen LogP contribution in [-0.4, -0.2) is 133 Å². The zero-order chi connectivity index (χ0) is 40.6. The zero-order valence-electron chi connectivity index (χ0n) is 29.2. The summed E-state index contributed by atoms with van der Waals surface area (Å²) in [4.78, 5) is 115. The van der Waals surface area contributed by atoms with Gasteiger partial charge >= 0.3 is 78.2 Å². The van der Waals surface area contributed by atoms with Gasteiger partial charge in [0, 0.05) is 72.1 Å². The van der Waals surface area contributed by atoms with Crippen molar-refractivity contribution in [1.82, 2.24) is 36.8 Å². The maximum absolute atomic E-state index is 11.1. The van der Waals surface area contributed by atoms with Gasteiger partial charge in [0.2, 0.25) is 5.91 Å². The Kier molecular flexibility index (Phi) is 37.0. The first kappa shape index (κ1) is 54.0. The van der Waals surface area contributed by atoms with E-state index in [9.17, 15) is 43.2 Å². The average Bonchev–Trinajstić information content (AvgIpc) is 3.69. The third-order valence-electron chi connectivity index (χ3n) is 4.80. The molecule has 2 fully saturated rings. The Labute approximate surface area is 340 Å². The molecule has 0 atom stereocenters. The van der Waals surface area contributed by atoms with Gasteiger partial charge in [-0.2, -0.15) is 5.06 Å². The van der Waals surface area contributed by atoms with Gasteiger partial charge in [-0.15, -0.1) is 17.9 Å². The number of halogens is 3. The van der Waals surface area contributed by atoms with Gasteiger partial charge in [-0.1, -0.05) is 7.43 Å². The number of nitrogens with zero attached hydrogens (tertiary/aromatic N) is 3. The molecule has 0 aliphatic carbocycles. The van der Waals surface area contributed by atoms with Crippen LogP contribution in [0, 0.1) is 12.8 Å². The standard InChI is InChI=1S/C9H13N3O4.C7H10N2O5.C4H5NO3.C3H7NO3.C2H2.CH4.3HI.V/c1-10-16-6-7(13)11-4-5-12-8(14)2-3-9(12)15;1-8-13-4-7(12)14-9-5(10)2-3-6(9)11;6-3-1-2-4(7)5(3)8;1-4-7-2-3(5)6;1-2;;;;;/h2-3,10H,4-6H2,1H3,(H,11,13);8H,2-4H2,1H3;8H,1-2H2;4H,2H2,1H3,(H,5,6);1-2H;1H4;3*1H;/q;;;;;;;;;+3/p-2/i;;;;1D;;;;;. The van der Waals surface area contributed by atoms with Crippen molar-refractivity contribution in [3.05, 3.63) is 12.2 Å². The van der Waals surface area contributed by atoms with E-state index >= 15 is 0 Å². The van der Waals surface area contributed by atoms with Gasteiger partial charge in [-0.25, -0.2) is 26.0 Å². The molecule has 0 aromatic rings. The van der Waals surface area contributed by atoms with E-state index < -0.39 is 35.6 Å². The van der Waals surface area contributed by atoms with Crippen molar-refractivity contribution >= 4 is 113 Å². The Morgan fingerprint density at radius 3 is 1.58 bits per heavy atom. The first-order chi connectivity index (χ1) is 24.4. The fourth-order valence-electron chi connectivity index (χ4n) is 2.76. The van der Waals surface area contributed by atoms with Crippen molar-refractivity contribution < 1.29 is 80.5 Å². The summed E-state index contributed by atoms with van der Waals surface area (Å²) < 4.78 is 5.74. The Bertz CT molecular complexity index is 1230. The van der Waals surface area contributed by atoms with Crippen LogP contribution in [0.5, 0.6) is 0 Å². The Hall–Kier alpha value is -2.38. The molecule has 7 amide bonds. The molecule has 296 valence electrons. The summed E-state index contributed by atoms with van der Waals surface area (Å²) in [6.45, 7) is -0.401. The molecular weight excluding hydrogens is 1080 g/mol. The summed E-state index contributed by atoms with van der Waals surface area (Å²) in [5, 5.41) is 19.4. The van der Waals surface area contributed by atoms with E-state index in [2.05, 4.69) is 107 Å². The second-order valence-corrected chi connectivity index (χ2v) is 43.6. The number of hydrogen-bond donors (Lipinski definition) is 6. The van der Waals surface area contributed by atoms with Gasteiger partial charge < -0.3 is 15.3 Å². The van der Waals surface area contributed by atoms with Crippen molar-refractivity contribution in [2.24, 2.45) is 0 Å². The predicted molar refractivity (Wildman–Crippen MR) is 201 cm³/mol. The van der Waals surface area contributed by atoms with Crippen molar-refractivity contribution in [3.8, 4) is 12.8 Å². The van der Waals surface area contributed by atoms with E-state index in [0.717, 1.165) is 4.90 Å². The summed E-state index contributed by atoms with van der Waals surface area (Å²) in [5.41, 5.74) is 6.83. The van der Waals surface area contributed by atoms with Crippen LogP contribution in [-0.2, 0) is 67.4 Å². The normalized spacial score (nSPS) is 14.1. The molecule has 0 aromatic carbocycles. The van der Waals surface area contributed by atoms with Gasteiger partial charge in [0.25, 0.3) is 35.4 Å². The molecule has 3 heterocycles. The van der Waals surface area contributed by atoms with Crippen LogP contribution < -0.4 is 21.8 Å². The molecule has 6 N–H and O–H groups in total. The molecule has 2 saturated heterocycles. The topological polar surface area (TPSA) is 289 Å². The van der Waals surface area contributed by atoms with E-state index in [1.54, 1.807) is 7.05 Å². The molecule has 0 aromatic heterocycles. The second kappa shape index (κ2) is 35.6. The van der Waals surface area contributed by atoms with Crippen molar-refractivity contribution in [3.63, 3.8) is 0 Å². The molecule has 3 aliphatic heterocycles. The van der Waals surface area contributed by atoms with Gasteiger partial charge in [-0.05, 0) is 0 Å². The maximum atomic E-state index is 11.1. The molecule has 0 saturated carbocycles. The fraction of sp³-hybridized carbons (Fsp3) is 0.500. The number of hydrogen-bond acceptors (Lipinski definition) is 17. The number of carbonyl (C=O) groups excluding carboxylic acids is 8. The van der Waals surface area contributed by atoms with Crippen molar-refractivity contribution in [1.29, 1.82) is 0 Å². The number of amides is 7. The van der Waals surface area contributed by atoms with Gasteiger partial charge in [-0.3, -0.25) is 58.2 Å². The van der Waals surface area contributed by atoms with Gasteiger partial charge in [0.15, 0.2) is 13.2 Å². The molecule has 3 rings (SSSR count). The molecule has 3 aliphatic rings. The van der Waals surface area contributed by atoms with E-state index in [0.29, 0.717) is 5.06 Å². The number of carbonyl (C=O) groups is 9. The van der Waals surface area contributed by atoms with Crippen LogP contribution in [0.1, 0.15) is 35.9 Å². The predicted octanol–water partition coefficient (Wildman–Crippen LogP) is -0.678. The number of terminal acetylenes is 1. The minimum atomic E-state index is -0.977. The summed E-state index contributed by atoms with van der Waals surface area (Å²) in [6.07, 6.45) is 8.63. The van der Waals surface area contributed by atoms with Crippen LogP contribution in [0.4, 0.5) is 0 Å². The molecule has 22 nitrogen and oxygen atoms in total. The van der Waals surface area contributed by atoms with E-state index in [-0.39, 0.29) is 95.2 Å². The number of nitrogens with one attached hydrogen (secondary N) is 4. The molecule has 0 radical (unpaired) electrons. The zero-order valence-corrected chi connectivity index (χ0v) is 35.1. The van der Waals surface area contributed by atoms with Crippen LogP contribution in [0.15, 0.2) is 12.2 Å². The van der Waals surface area contributed by atoms with Crippen molar-refractivity contribution in [2.75, 3.05) is 54.1 Å². The van der Waals surface area contributed by atoms with E-state index in [4.69, 9.17) is 11.7 Å². The Morgan fingerprint density at radius 1 is 0.846 bits per heavy atom.